The summed E-state index contributed by atoms with van der Waals surface area (Å²) in [6.45, 7) is 0. The second-order valence-electron chi connectivity index (χ2n) is 12.9. The second kappa shape index (κ2) is 11.9. The Bertz CT molecular complexity index is 2860. The molecule has 0 radical (unpaired) electrons. The molecule has 2 aromatic heterocycles. The van der Waals surface area contributed by atoms with E-state index in [-0.39, 0.29) is 0 Å². The van der Waals surface area contributed by atoms with Crippen molar-refractivity contribution < 1.29 is 4.42 Å². The van der Waals surface area contributed by atoms with E-state index in [0.29, 0.717) is 0 Å². The number of nitrogens with zero attached hydrogens (tertiary/aromatic N) is 2. The highest BCUT2D eigenvalue weighted by molar-refractivity contribution is 6.12. The summed E-state index contributed by atoms with van der Waals surface area (Å²) in [5.74, 6) is 0. The van der Waals surface area contributed by atoms with Crippen molar-refractivity contribution >= 4 is 60.8 Å². The van der Waals surface area contributed by atoms with Crippen molar-refractivity contribution in [2.45, 2.75) is 0 Å². The lowest BCUT2D eigenvalue weighted by Gasteiger charge is -2.28. The van der Waals surface area contributed by atoms with E-state index >= 15 is 0 Å². The van der Waals surface area contributed by atoms with Crippen LogP contribution in [0.5, 0.6) is 0 Å². The van der Waals surface area contributed by atoms with Crippen LogP contribution in [-0.2, 0) is 0 Å². The van der Waals surface area contributed by atoms with E-state index in [4.69, 9.17) is 4.42 Å². The standard InChI is InChI=1S/C48H32N2O/c1-3-16-33(17-4-1)34-30-31-39-38-22-9-13-27-44(38)50(46(39)32-34)43-26-12-8-21-37(43)36-20-7-11-25-42(36)49(35-18-5-2-6-19-35)45-28-15-24-41-40-23-10-14-29-47(40)51-48(41)45/h1-32H. The van der Waals surface area contributed by atoms with Crippen molar-refractivity contribution in [3.05, 3.63) is 194 Å². The van der Waals surface area contributed by atoms with Gasteiger partial charge in [0.2, 0.25) is 0 Å². The molecule has 10 aromatic rings. The van der Waals surface area contributed by atoms with Gasteiger partial charge in [0.05, 0.1) is 28.1 Å². The number of hydrogen-bond donors (Lipinski definition) is 0. The molecule has 2 heterocycles. The number of hydrogen-bond acceptors (Lipinski definition) is 2. The lowest BCUT2D eigenvalue weighted by Crippen LogP contribution is -2.11. The number of aromatic nitrogens is 1. The molecule has 0 aliphatic heterocycles. The Balaban J connectivity index is 1.24. The van der Waals surface area contributed by atoms with Crippen LogP contribution in [0.2, 0.25) is 0 Å². The van der Waals surface area contributed by atoms with Gasteiger partial charge in [-0.05, 0) is 59.7 Å². The first kappa shape index (κ1) is 29.1. The summed E-state index contributed by atoms with van der Waals surface area (Å²) in [6, 6.07) is 69.1. The van der Waals surface area contributed by atoms with Crippen molar-refractivity contribution in [3.8, 4) is 27.9 Å². The van der Waals surface area contributed by atoms with Gasteiger partial charge < -0.3 is 13.9 Å². The molecule has 0 N–H and O–H groups in total. The molecule has 8 aromatic carbocycles. The summed E-state index contributed by atoms with van der Waals surface area (Å²) in [7, 11) is 0. The Hall–Kier alpha value is -6.84. The minimum absolute atomic E-state index is 0.862. The zero-order valence-corrected chi connectivity index (χ0v) is 27.8. The third-order valence-corrected chi connectivity index (χ3v) is 10.00. The van der Waals surface area contributed by atoms with Crippen LogP contribution in [0.3, 0.4) is 0 Å². The van der Waals surface area contributed by atoms with E-state index in [2.05, 4.69) is 191 Å². The van der Waals surface area contributed by atoms with Gasteiger partial charge >= 0.3 is 0 Å². The monoisotopic (exact) mass is 652 g/mol. The van der Waals surface area contributed by atoms with E-state index in [1.165, 1.54) is 32.9 Å². The molecule has 0 fully saturated rings. The van der Waals surface area contributed by atoms with E-state index in [1.807, 2.05) is 12.1 Å². The summed E-state index contributed by atoms with van der Waals surface area (Å²) >= 11 is 0. The van der Waals surface area contributed by atoms with Crippen LogP contribution in [0.15, 0.2) is 199 Å². The summed E-state index contributed by atoms with van der Waals surface area (Å²) < 4.78 is 9.07. The summed E-state index contributed by atoms with van der Waals surface area (Å²) in [5.41, 5.74) is 13.0. The fourth-order valence-corrected chi connectivity index (χ4v) is 7.73. The van der Waals surface area contributed by atoms with Crippen LogP contribution in [-0.4, -0.2) is 4.57 Å². The van der Waals surface area contributed by atoms with Gasteiger partial charge in [-0.25, -0.2) is 0 Å². The number of fused-ring (bicyclic) bond motifs is 6. The van der Waals surface area contributed by atoms with Crippen LogP contribution < -0.4 is 4.90 Å². The number of anilines is 3. The largest absolute Gasteiger partial charge is 0.454 e. The number of furan rings is 1. The van der Waals surface area contributed by atoms with Crippen LogP contribution >= 0.6 is 0 Å². The normalized spacial score (nSPS) is 11.5. The summed E-state index contributed by atoms with van der Waals surface area (Å²) in [4.78, 5) is 2.34. The van der Waals surface area contributed by atoms with Crippen LogP contribution in [0.1, 0.15) is 0 Å². The third-order valence-electron chi connectivity index (χ3n) is 10.00. The molecule has 0 spiro atoms. The van der Waals surface area contributed by atoms with E-state index in [9.17, 15) is 0 Å². The third kappa shape index (κ3) is 4.74. The molecule has 0 aliphatic carbocycles. The Morgan fingerprint density at radius 3 is 1.88 bits per heavy atom. The molecule has 10 rings (SSSR count). The highest BCUT2D eigenvalue weighted by Gasteiger charge is 2.23. The summed E-state index contributed by atoms with van der Waals surface area (Å²) in [5, 5.41) is 4.68. The molecular weight excluding hydrogens is 621 g/mol. The van der Waals surface area contributed by atoms with Gasteiger partial charge in [-0.2, -0.15) is 0 Å². The van der Waals surface area contributed by atoms with Crippen molar-refractivity contribution in [1.29, 1.82) is 0 Å². The van der Waals surface area contributed by atoms with Gasteiger partial charge in [-0.3, -0.25) is 0 Å². The van der Waals surface area contributed by atoms with Gasteiger partial charge in [0, 0.05) is 38.4 Å². The molecule has 51 heavy (non-hydrogen) atoms. The first-order valence-corrected chi connectivity index (χ1v) is 17.4. The fraction of sp³-hybridized carbons (Fsp3) is 0. The van der Waals surface area contributed by atoms with Crippen molar-refractivity contribution in [1.82, 2.24) is 4.57 Å². The molecule has 0 unspecified atom stereocenters. The Kier molecular flexibility index (Phi) is 6.81. The Labute approximate surface area is 295 Å². The Morgan fingerprint density at radius 2 is 1.02 bits per heavy atom. The molecule has 0 atom stereocenters. The topological polar surface area (TPSA) is 21.3 Å². The first-order chi connectivity index (χ1) is 25.3. The molecular formula is C48H32N2O. The van der Waals surface area contributed by atoms with Crippen molar-refractivity contribution in [2.24, 2.45) is 0 Å². The fourth-order valence-electron chi connectivity index (χ4n) is 7.73. The van der Waals surface area contributed by atoms with E-state index in [0.717, 1.165) is 55.8 Å². The summed E-state index contributed by atoms with van der Waals surface area (Å²) in [6.07, 6.45) is 0. The molecule has 0 bridgehead atoms. The van der Waals surface area contributed by atoms with E-state index in [1.54, 1.807) is 0 Å². The number of benzene rings is 8. The van der Waals surface area contributed by atoms with Gasteiger partial charge in [0.15, 0.2) is 5.58 Å². The maximum atomic E-state index is 6.63. The lowest BCUT2D eigenvalue weighted by molar-refractivity contribution is 0.669. The Morgan fingerprint density at radius 1 is 0.392 bits per heavy atom. The minimum Gasteiger partial charge on any atom is -0.454 e. The van der Waals surface area contributed by atoms with Gasteiger partial charge in [0.25, 0.3) is 0 Å². The maximum absolute atomic E-state index is 6.63. The zero-order valence-electron chi connectivity index (χ0n) is 27.8. The highest BCUT2D eigenvalue weighted by Crippen LogP contribution is 2.47. The molecule has 0 aliphatic rings. The molecule has 3 heteroatoms. The minimum atomic E-state index is 0.862. The van der Waals surface area contributed by atoms with E-state index < -0.39 is 0 Å². The average molecular weight is 653 g/mol. The molecule has 3 nitrogen and oxygen atoms in total. The van der Waals surface area contributed by atoms with Crippen LogP contribution in [0.25, 0.3) is 71.7 Å². The SMILES string of the molecule is c1ccc(-c2ccc3c4ccccc4n(-c4ccccc4-c4ccccc4N(c4ccccc4)c4cccc5c4oc4ccccc45)c3c2)cc1. The molecule has 240 valence electrons. The van der Waals surface area contributed by atoms with Gasteiger partial charge in [-0.15, -0.1) is 0 Å². The van der Waals surface area contributed by atoms with Gasteiger partial charge in [-0.1, -0.05) is 146 Å². The lowest BCUT2D eigenvalue weighted by atomic mass is 9.99. The average Bonchev–Trinajstić information content (AvgIpc) is 3.75. The maximum Gasteiger partial charge on any atom is 0.159 e. The van der Waals surface area contributed by atoms with Crippen LogP contribution in [0, 0.1) is 0 Å². The van der Waals surface area contributed by atoms with Crippen LogP contribution in [0.4, 0.5) is 17.1 Å². The predicted molar refractivity (Wildman–Crippen MR) is 214 cm³/mol. The molecule has 0 saturated carbocycles. The van der Waals surface area contributed by atoms with Gasteiger partial charge in [0.1, 0.15) is 5.58 Å². The van der Waals surface area contributed by atoms with Crippen molar-refractivity contribution in [3.63, 3.8) is 0 Å². The quantitative estimate of drug-likeness (QED) is 0.178. The smallest absolute Gasteiger partial charge is 0.159 e. The first-order valence-electron chi connectivity index (χ1n) is 17.4. The number of para-hydroxylation sites is 6. The highest BCUT2D eigenvalue weighted by atomic mass is 16.3. The molecule has 0 saturated heterocycles. The zero-order chi connectivity index (χ0) is 33.7. The number of rotatable bonds is 6. The molecule has 0 amide bonds. The second-order valence-corrected chi connectivity index (χ2v) is 12.9. The van der Waals surface area contributed by atoms with Crippen molar-refractivity contribution in [2.75, 3.05) is 4.90 Å². The predicted octanol–water partition coefficient (Wildman–Crippen LogP) is 13.5.